The molecule has 0 spiro atoms. The quantitative estimate of drug-likeness (QED) is 0.780. The van der Waals surface area contributed by atoms with Crippen molar-refractivity contribution in [3.05, 3.63) is 22.9 Å². The van der Waals surface area contributed by atoms with E-state index in [0.717, 1.165) is 31.8 Å². The molecule has 0 N–H and O–H groups in total. The maximum atomic E-state index is 12.7. The van der Waals surface area contributed by atoms with E-state index in [1.807, 2.05) is 0 Å². The van der Waals surface area contributed by atoms with E-state index >= 15 is 0 Å². The second-order valence-corrected chi connectivity index (χ2v) is 9.55. The number of hydrogen-bond acceptors (Lipinski definition) is 4. The number of pyridine rings is 1. The van der Waals surface area contributed by atoms with Gasteiger partial charge in [-0.2, -0.15) is 4.31 Å². The predicted octanol–water partition coefficient (Wildman–Crippen LogP) is 2.73. The SMILES string of the molecule is CC1CCN(C2CCN(S(=O)(=O)c3cncc(Br)c3)CC2)CC1. The van der Waals surface area contributed by atoms with Gasteiger partial charge in [0.25, 0.3) is 0 Å². The summed E-state index contributed by atoms with van der Waals surface area (Å²) in [5, 5.41) is 0. The average molecular weight is 402 g/mol. The zero-order valence-electron chi connectivity index (χ0n) is 13.5. The smallest absolute Gasteiger partial charge is 0.244 e. The number of aromatic nitrogens is 1. The van der Waals surface area contributed by atoms with Crippen LogP contribution in [0.3, 0.4) is 0 Å². The number of hydrogen-bond donors (Lipinski definition) is 0. The minimum atomic E-state index is -3.43. The Balaban J connectivity index is 1.62. The Kier molecular flexibility index (Phi) is 5.40. The van der Waals surface area contributed by atoms with Crippen molar-refractivity contribution in [3.8, 4) is 0 Å². The molecule has 0 amide bonds. The van der Waals surface area contributed by atoms with E-state index in [1.165, 1.54) is 19.0 Å². The van der Waals surface area contributed by atoms with E-state index in [2.05, 4.69) is 32.7 Å². The van der Waals surface area contributed by atoms with Crippen molar-refractivity contribution >= 4 is 26.0 Å². The Morgan fingerprint density at radius 2 is 1.74 bits per heavy atom. The Morgan fingerprint density at radius 1 is 1.09 bits per heavy atom. The van der Waals surface area contributed by atoms with Gasteiger partial charge in [-0.3, -0.25) is 4.98 Å². The summed E-state index contributed by atoms with van der Waals surface area (Å²) in [4.78, 5) is 6.82. The van der Waals surface area contributed by atoms with Gasteiger partial charge < -0.3 is 4.90 Å². The van der Waals surface area contributed by atoms with Gasteiger partial charge >= 0.3 is 0 Å². The highest BCUT2D eigenvalue weighted by Gasteiger charge is 2.32. The Labute approximate surface area is 147 Å². The molecule has 2 saturated heterocycles. The summed E-state index contributed by atoms with van der Waals surface area (Å²) in [6.07, 6.45) is 7.41. The van der Waals surface area contributed by atoms with Crippen LogP contribution in [0.2, 0.25) is 0 Å². The molecule has 2 aliphatic rings. The molecular weight excluding hydrogens is 378 g/mol. The second-order valence-electron chi connectivity index (χ2n) is 6.69. The third kappa shape index (κ3) is 3.95. The van der Waals surface area contributed by atoms with Crippen molar-refractivity contribution in [2.24, 2.45) is 5.92 Å². The molecule has 1 aromatic heterocycles. The molecular formula is C16H24BrN3O2S. The number of halogens is 1. The summed E-state index contributed by atoms with van der Waals surface area (Å²) in [5.74, 6) is 0.829. The molecule has 0 radical (unpaired) electrons. The molecule has 128 valence electrons. The first-order valence-electron chi connectivity index (χ1n) is 8.31. The monoisotopic (exact) mass is 401 g/mol. The third-order valence-corrected chi connectivity index (χ3v) is 7.37. The summed E-state index contributed by atoms with van der Waals surface area (Å²) in [6, 6.07) is 2.16. The van der Waals surface area contributed by atoms with Crippen LogP contribution in [-0.2, 0) is 10.0 Å². The topological polar surface area (TPSA) is 53.5 Å². The summed E-state index contributed by atoms with van der Waals surface area (Å²) in [5.41, 5.74) is 0. The Hall–Kier alpha value is -0.500. The molecule has 0 aliphatic carbocycles. The number of sulfonamides is 1. The van der Waals surface area contributed by atoms with Crippen molar-refractivity contribution in [2.45, 2.75) is 43.5 Å². The fraction of sp³-hybridized carbons (Fsp3) is 0.688. The summed E-state index contributed by atoms with van der Waals surface area (Å²) < 4.78 is 27.7. The first-order chi connectivity index (χ1) is 11.0. The lowest BCUT2D eigenvalue weighted by atomic mass is 9.95. The van der Waals surface area contributed by atoms with Crippen molar-refractivity contribution < 1.29 is 8.42 Å². The molecule has 0 atom stereocenters. The minimum Gasteiger partial charge on any atom is -0.300 e. The van der Waals surface area contributed by atoms with Crippen LogP contribution in [0, 0.1) is 5.92 Å². The molecule has 5 nitrogen and oxygen atoms in total. The zero-order valence-corrected chi connectivity index (χ0v) is 15.9. The van der Waals surface area contributed by atoms with Gasteiger partial charge in [-0.05, 0) is 66.7 Å². The number of rotatable bonds is 3. The maximum Gasteiger partial charge on any atom is 0.244 e. The minimum absolute atomic E-state index is 0.275. The molecule has 3 heterocycles. The molecule has 2 aliphatic heterocycles. The largest absolute Gasteiger partial charge is 0.300 e. The van der Waals surface area contributed by atoms with Gasteiger partial charge in [-0.1, -0.05) is 6.92 Å². The lowest BCUT2D eigenvalue weighted by molar-refractivity contribution is 0.101. The normalized spacial score (nSPS) is 23.2. The summed E-state index contributed by atoms with van der Waals surface area (Å²) in [7, 11) is -3.43. The molecule has 23 heavy (non-hydrogen) atoms. The summed E-state index contributed by atoms with van der Waals surface area (Å²) in [6.45, 7) is 5.85. The average Bonchev–Trinajstić information content (AvgIpc) is 2.56. The Morgan fingerprint density at radius 3 is 2.35 bits per heavy atom. The molecule has 0 unspecified atom stereocenters. The standard InChI is InChI=1S/C16H24BrN3O2S/c1-13-2-6-19(7-3-13)15-4-8-20(9-5-15)23(21,22)16-10-14(17)11-18-12-16/h10-13,15H,2-9H2,1H3. The van der Waals surface area contributed by atoms with Gasteiger partial charge in [0.05, 0.1) is 0 Å². The van der Waals surface area contributed by atoms with E-state index in [-0.39, 0.29) is 4.90 Å². The molecule has 1 aromatic rings. The highest BCUT2D eigenvalue weighted by Crippen LogP contribution is 2.26. The van der Waals surface area contributed by atoms with Crippen LogP contribution in [0.1, 0.15) is 32.6 Å². The first kappa shape index (κ1) is 17.3. The van der Waals surface area contributed by atoms with Crippen LogP contribution in [0.25, 0.3) is 0 Å². The predicted molar refractivity (Wildman–Crippen MR) is 93.7 cm³/mol. The van der Waals surface area contributed by atoms with Crippen LogP contribution in [0.15, 0.2) is 27.8 Å². The van der Waals surface area contributed by atoms with E-state index in [4.69, 9.17) is 0 Å². The third-order valence-electron chi connectivity index (χ3n) is 5.08. The summed E-state index contributed by atoms with van der Waals surface area (Å²) >= 11 is 3.29. The Bertz CT molecular complexity index is 636. The molecule has 7 heteroatoms. The van der Waals surface area contributed by atoms with Gasteiger partial charge in [0, 0.05) is 36.0 Å². The van der Waals surface area contributed by atoms with E-state index in [1.54, 1.807) is 16.6 Å². The highest BCUT2D eigenvalue weighted by molar-refractivity contribution is 9.10. The number of nitrogens with zero attached hydrogens (tertiary/aromatic N) is 3. The van der Waals surface area contributed by atoms with Gasteiger partial charge in [0.1, 0.15) is 4.90 Å². The highest BCUT2D eigenvalue weighted by atomic mass is 79.9. The van der Waals surface area contributed by atoms with Crippen molar-refractivity contribution in [1.82, 2.24) is 14.2 Å². The molecule has 2 fully saturated rings. The van der Waals surface area contributed by atoms with E-state index in [0.29, 0.717) is 23.6 Å². The van der Waals surface area contributed by atoms with Crippen LogP contribution in [0.5, 0.6) is 0 Å². The first-order valence-corrected chi connectivity index (χ1v) is 10.5. The van der Waals surface area contributed by atoms with Crippen LogP contribution in [0.4, 0.5) is 0 Å². The van der Waals surface area contributed by atoms with E-state index in [9.17, 15) is 8.42 Å². The lowest BCUT2D eigenvalue weighted by Crippen LogP contribution is -2.48. The van der Waals surface area contributed by atoms with Gasteiger partial charge in [-0.25, -0.2) is 8.42 Å². The van der Waals surface area contributed by atoms with E-state index < -0.39 is 10.0 Å². The molecule has 0 aromatic carbocycles. The van der Waals surface area contributed by atoms with Crippen LogP contribution >= 0.6 is 15.9 Å². The molecule has 3 rings (SSSR count). The number of piperidine rings is 2. The molecule has 0 bridgehead atoms. The van der Waals surface area contributed by atoms with Crippen LogP contribution < -0.4 is 0 Å². The fourth-order valence-electron chi connectivity index (χ4n) is 3.52. The van der Waals surface area contributed by atoms with Crippen molar-refractivity contribution in [1.29, 1.82) is 0 Å². The molecule has 0 saturated carbocycles. The van der Waals surface area contributed by atoms with Gasteiger partial charge in [0.2, 0.25) is 10.0 Å². The van der Waals surface area contributed by atoms with Gasteiger partial charge in [-0.15, -0.1) is 0 Å². The maximum absolute atomic E-state index is 12.7. The second kappa shape index (κ2) is 7.17. The van der Waals surface area contributed by atoms with Crippen molar-refractivity contribution in [2.75, 3.05) is 26.2 Å². The van der Waals surface area contributed by atoms with Crippen molar-refractivity contribution in [3.63, 3.8) is 0 Å². The van der Waals surface area contributed by atoms with Gasteiger partial charge in [0.15, 0.2) is 0 Å². The van der Waals surface area contributed by atoms with Crippen LogP contribution in [-0.4, -0.2) is 54.8 Å². The zero-order chi connectivity index (χ0) is 16.4. The number of likely N-dealkylation sites (tertiary alicyclic amines) is 1. The fourth-order valence-corrected chi connectivity index (χ4v) is 5.50. The lowest BCUT2D eigenvalue weighted by Gasteiger charge is -2.41.